The molecule has 2 aromatic heterocycles. The van der Waals surface area contributed by atoms with Crippen LogP contribution in [0.25, 0.3) is 22.0 Å². The van der Waals surface area contributed by atoms with E-state index in [1.54, 1.807) is 30.6 Å². The van der Waals surface area contributed by atoms with Gasteiger partial charge in [0.15, 0.2) is 5.58 Å². The minimum atomic E-state index is -0.490. The van der Waals surface area contributed by atoms with Gasteiger partial charge in [-0.2, -0.15) is 0 Å². The molecule has 5 nitrogen and oxygen atoms in total. The molecule has 5 rings (SSSR count). The number of hydrogen-bond donors (Lipinski definition) is 0. The van der Waals surface area contributed by atoms with E-state index in [4.69, 9.17) is 44.0 Å². The first-order valence-corrected chi connectivity index (χ1v) is 11.3. The van der Waals surface area contributed by atoms with E-state index in [-0.39, 0.29) is 6.61 Å². The van der Waals surface area contributed by atoms with Crippen molar-refractivity contribution in [2.75, 3.05) is 0 Å². The van der Waals surface area contributed by atoms with E-state index in [2.05, 4.69) is 4.98 Å². The summed E-state index contributed by atoms with van der Waals surface area (Å²) in [7, 11) is 0. The van der Waals surface area contributed by atoms with Crippen LogP contribution in [0.1, 0.15) is 17.2 Å². The first-order valence-electron chi connectivity index (χ1n) is 10.2. The van der Waals surface area contributed by atoms with Gasteiger partial charge in [0.1, 0.15) is 6.10 Å². The van der Waals surface area contributed by atoms with Gasteiger partial charge in [0, 0.05) is 27.1 Å². The number of benzene rings is 3. The van der Waals surface area contributed by atoms with E-state index in [1.807, 2.05) is 41.0 Å². The third-order valence-electron chi connectivity index (χ3n) is 5.45. The van der Waals surface area contributed by atoms with Gasteiger partial charge in [-0.1, -0.05) is 65.1 Å². The lowest BCUT2D eigenvalue weighted by molar-refractivity contribution is 0.0292. The van der Waals surface area contributed by atoms with Gasteiger partial charge in [-0.05, 0) is 35.9 Å². The molecule has 0 aliphatic heterocycles. The molecular weight excluding hydrogens is 483 g/mol. The number of para-hydroxylation sites is 3. The molecule has 0 saturated heterocycles. The van der Waals surface area contributed by atoms with Crippen LogP contribution < -0.4 is 5.63 Å². The Labute approximate surface area is 204 Å². The maximum Gasteiger partial charge on any atom is 0.336 e. The van der Waals surface area contributed by atoms with Crippen molar-refractivity contribution >= 4 is 56.8 Å². The van der Waals surface area contributed by atoms with Crippen LogP contribution in [0.5, 0.6) is 0 Å². The molecule has 5 aromatic rings. The summed E-state index contributed by atoms with van der Waals surface area (Å²) in [4.78, 5) is 16.6. The molecule has 0 amide bonds. The summed E-state index contributed by atoms with van der Waals surface area (Å²) in [6.45, 7) is 0.612. The summed E-state index contributed by atoms with van der Waals surface area (Å²) in [6, 6.07) is 19.9. The van der Waals surface area contributed by atoms with Crippen LogP contribution in [0.15, 0.2) is 82.3 Å². The first-order chi connectivity index (χ1) is 16.0. The molecule has 1 unspecified atom stereocenters. The van der Waals surface area contributed by atoms with Gasteiger partial charge in [0.05, 0.1) is 35.5 Å². The fourth-order valence-electron chi connectivity index (χ4n) is 3.86. The lowest BCUT2D eigenvalue weighted by Gasteiger charge is -2.21. The second kappa shape index (κ2) is 9.20. The van der Waals surface area contributed by atoms with Gasteiger partial charge in [0.2, 0.25) is 0 Å². The van der Waals surface area contributed by atoms with Gasteiger partial charge in [-0.3, -0.25) is 0 Å². The lowest BCUT2D eigenvalue weighted by atomic mass is 10.1. The fourth-order valence-corrected chi connectivity index (χ4v) is 4.61. The van der Waals surface area contributed by atoms with Crippen molar-refractivity contribution in [3.8, 4) is 0 Å². The molecule has 0 N–H and O–H groups in total. The zero-order chi connectivity index (χ0) is 22.9. The van der Waals surface area contributed by atoms with Crippen LogP contribution >= 0.6 is 34.8 Å². The van der Waals surface area contributed by atoms with Gasteiger partial charge in [-0.15, -0.1) is 0 Å². The molecule has 33 heavy (non-hydrogen) atoms. The van der Waals surface area contributed by atoms with E-state index < -0.39 is 11.7 Å². The van der Waals surface area contributed by atoms with Crippen molar-refractivity contribution in [1.29, 1.82) is 0 Å². The highest BCUT2D eigenvalue weighted by Gasteiger charge is 2.19. The largest absolute Gasteiger partial charge is 0.421 e. The third-order valence-corrected chi connectivity index (χ3v) is 6.31. The Morgan fingerprint density at radius 2 is 1.82 bits per heavy atom. The van der Waals surface area contributed by atoms with Gasteiger partial charge >= 0.3 is 5.63 Å². The number of ether oxygens (including phenoxy) is 1. The Kier molecular flexibility index (Phi) is 6.13. The number of halogens is 3. The number of fused-ring (bicyclic) bond motifs is 2. The summed E-state index contributed by atoms with van der Waals surface area (Å²) < 4.78 is 13.7. The van der Waals surface area contributed by atoms with Crippen LogP contribution in [-0.2, 0) is 17.9 Å². The molecule has 0 radical (unpaired) electrons. The molecule has 2 heterocycles. The molecule has 1 atom stereocenters. The van der Waals surface area contributed by atoms with Crippen molar-refractivity contribution in [2.45, 2.75) is 19.3 Å². The monoisotopic (exact) mass is 498 g/mol. The maximum absolute atomic E-state index is 12.1. The van der Waals surface area contributed by atoms with Crippen molar-refractivity contribution in [1.82, 2.24) is 9.55 Å². The number of rotatable bonds is 6. The quantitative estimate of drug-likeness (QED) is 0.235. The molecule has 0 saturated carbocycles. The minimum absolute atomic E-state index is 0.151. The summed E-state index contributed by atoms with van der Waals surface area (Å²) in [5.74, 6) is 0. The Morgan fingerprint density at radius 1 is 0.970 bits per heavy atom. The standard InChI is InChI=1S/C25H17Cl3N2O3/c26-16-8-9-18(20(28)11-16)23(12-30-14-29-21-6-1-2-7-22(21)30)32-13-15-10-24(31)33-25-17(15)4-3-5-19(25)27/h1-11,14,23H,12-13H2. The zero-order valence-corrected chi connectivity index (χ0v) is 19.4. The fraction of sp³-hybridized carbons (Fsp3) is 0.120. The maximum atomic E-state index is 12.1. The molecule has 3 aromatic carbocycles. The topological polar surface area (TPSA) is 57.3 Å². The summed E-state index contributed by atoms with van der Waals surface area (Å²) in [5.41, 5.74) is 3.18. The second-order valence-electron chi connectivity index (χ2n) is 7.56. The first kappa shape index (κ1) is 22.0. The second-order valence-corrected chi connectivity index (χ2v) is 8.81. The Hall–Kier alpha value is -2.83. The van der Waals surface area contributed by atoms with E-state index in [0.29, 0.717) is 32.8 Å². The minimum Gasteiger partial charge on any atom is -0.421 e. The molecule has 0 aliphatic carbocycles. The van der Waals surface area contributed by atoms with Crippen molar-refractivity contribution in [3.05, 3.63) is 110 Å². The van der Waals surface area contributed by atoms with Crippen LogP contribution in [0, 0.1) is 0 Å². The molecule has 166 valence electrons. The average molecular weight is 500 g/mol. The smallest absolute Gasteiger partial charge is 0.336 e. The third kappa shape index (κ3) is 4.50. The molecule has 8 heteroatoms. The number of nitrogens with zero attached hydrogens (tertiary/aromatic N) is 2. The van der Waals surface area contributed by atoms with Crippen molar-refractivity contribution < 1.29 is 9.15 Å². The van der Waals surface area contributed by atoms with E-state index in [0.717, 1.165) is 22.0 Å². The molecule has 0 bridgehead atoms. The van der Waals surface area contributed by atoms with Crippen molar-refractivity contribution in [2.24, 2.45) is 0 Å². The van der Waals surface area contributed by atoms with Crippen LogP contribution in [0.3, 0.4) is 0 Å². The molecule has 0 fully saturated rings. The number of imidazole rings is 1. The normalized spacial score (nSPS) is 12.5. The summed E-state index contributed by atoms with van der Waals surface area (Å²) in [5, 5.41) is 2.12. The Bertz CT molecular complexity index is 1530. The van der Waals surface area contributed by atoms with E-state index in [9.17, 15) is 4.79 Å². The SMILES string of the molecule is O=c1cc(COC(Cn2cnc3ccccc32)c2ccc(Cl)cc2Cl)c2cccc(Cl)c2o1. The highest BCUT2D eigenvalue weighted by molar-refractivity contribution is 6.35. The molecule has 0 spiro atoms. The molecule has 0 aliphatic rings. The summed E-state index contributed by atoms with van der Waals surface area (Å²) in [6.07, 6.45) is 1.34. The number of hydrogen-bond acceptors (Lipinski definition) is 4. The predicted octanol–water partition coefficient (Wildman–Crippen LogP) is 7.06. The van der Waals surface area contributed by atoms with Crippen LogP contribution in [0.4, 0.5) is 0 Å². The Morgan fingerprint density at radius 3 is 2.67 bits per heavy atom. The van der Waals surface area contributed by atoms with Crippen LogP contribution in [0.2, 0.25) is 15.1 Å². The zero-order valence-electron chi connectivity index (χ0n) is 17.2. The van der Waals surface area contributed by atoms with Gasteiger partial charge in [0.25, 0.3) is 0 Å². The lowest BCUT2D eigenvalue weighted by Crippen LogP contribution is -2.14. The highest BCUT2D eigenvalue weighted by atomic mass is 35.5. The van der Waals surface area contributed by atoms with E-state index >= 15 is 0 Å². The van der Waals surface area contributed by atoms with Crippen molar-refractivity contribution in [3.63, 3.8) is 0 Å². The Balaban J connectivity index is 1.52. The summed E-state index contributed by atoms with van der Waals surface area (Å²) >= 11 is 18.9. The average Bonchev–Trinajstić information content (AvgIpc) is 3.20. The molecular formula is C25H17Cl3N2O3. The van der Waals surface area contributed by atoms with Gasteiger partial charge in [-0.25, -0.2) is 9.78 Å². The predicted molar refractivity (Wildman–Crippen MR) is 131 cm³/mol. The number of aromatic nitrogens is 2. The van der Waals surface area contributed by atoms with E-state index in [1.165, 1.54) is 6.07 Å². The van der Waals surface area contributed by atoms with Crippen LogP contribution in [-0.4, -0.2) is 9.55 Å². The van der Waals surface area contributed by atoms with Gasteiger partial charge < -0.3 is 13.7 Å². The highest BCUT2D eigenvalue weighted by Crippen LogP contribution is 2.32.